The van der Waals surface area contributed by atoms with Crippen molar-refractivity contribution in [3.8, 4) is 0 Å². The highest BCUT2D eigenvalue weighted by Crippen LogP contribution is 2.29. The van der Waals surface area contributed by atoms with Gasteiger partial charge in [0.2, 0.25) is 0 Å². The van der Waals surface area contributed by atoms with Crippen molar-refractivity contribution in [3.63, 3.8) is 0 Å². The largest absolute Gasteiger partial charge is 0.416 e. The lowest BCUT2D eigenvalue weighted by molar-refractivity contribution is -0.137. The molecule has 1 aromatic carbocycles. The standard InChI is InChI=1S/C7H5F4P/c8-5-3-4(7(9,10)11)1-2-6(5)12/h1-3H,12H2. The van der Waals surface area contributed by atoms with E-state index in [2.05, 4.69) is 0 Å². The van der Waals surface area contributed by atoms with E-state index < -0.39 is 17.6 Å². The van der Waals surface area contributed by atoms with Crippen LogP contribution in [0.2, 0.25) is 0 Å². The monoisotopic (exact) mass is 196 g/mol. The predicted octanol–water partition coefficient (Wildman–Crippen LogP) is 2.34. The Morgan fingerprint density at radius 2 is 1.75 bits per heavy atom. The lowest BCUT2D eigenvalue weighted by Crippen LogP contribution is -2.08. The second kappa shape index (κ2) is 3.02. The maximum Gasteiger partial charge on any atom is 0.416 e. The molecule has 0 nitrogen and oxygen atoms in total. The second-order valence-electron chi connectivity index (χ2n) is 2.23. The molecule has 1 rings (SSSR count). The van der Waals surface area contributed by atoms with Gasteiger partial charge in [0.15, 0.2) is 0 Å². The molecule has 0 bridgehead atoms. The topological polar surface area (TPSA) is 0 Å². The normalized spacial score (nSPS) is 11.8. The first-order chi connectivity index (χ1) is 5.41. The fraction of sp³-hybridized carbons (Fsp3) is 0.143. The molecule has 1 aromatic rings. The third-order valence-corrected chi connectivity index (χ3v) is 1.80. The van der Waals surface area contributed by atoms with Gasteiger partial charge in [-0.05, 0) is 12.1 Å². The maximum atomic E-state index is 12.6. The summed E-state index contributed by atoms with van der Waals surface area (Å²) in [5.41, 5.74) is -0.966. The maximum absolute atomic E-state index is 12.6. The zero-order valence-corrected chi connectivity index (χ0v) is 6.98. The van der Waals surface area contributed by atoms with Gasteiger partial charge in [0.25, 0.3) is 0 Å². The molecule has 66 valence electrons. The van der Waals surface area contributed by atoms with E-state index in [1.807, 2.05) is 9.24 Å². The minimum Gasteiger partial charge on any atom is -0.206 e. The van der Waals surface area contributed by atoms with Gasteiger partial charge in [-0.15, -0.1) is 9.24 Å². The zero-order chi connectivity index (χ0) is 9.35. The highest BCUT2D eigenvalue weighted by molar-refractivity contribution is 7.27. The summed E-state index contributed by atoms with van der Waals surface area (Å²) >= 11 is 0. The van der Waals surface area contributed by atoms with E-state index in [1.54, 1.807) is 0 Å². The van der Waals surface area contributed by atoms with Crippen molar-refractivity contribution < 1.29 is 17.6 Å². The second-order valence-corrected chi connectivity index (χ2v) is 2.86. The smallest absolute Gasteiger partial charge is 0.206 e. The summed E-state index contributed by atoms with van der Waals surface area (Å²) < 4.78 is 48.4. The molecular formula is C7H5F4P. The molecule has 0 heterocycles. The van der Waals surface area contributed by atoms with E-state index in [4.69, 9.17) is 0 Å². The van der Waals surface area contributed by atoms with Crippen LogP contribution in [0.4, 0.5) is 17.6 Å². The number of rotatable bonds is 0. The molecule has 1 unspecified atom stereocenters. The number of hydrogen-bond acceptors (Lipinski definition) is 0. The highest BCUT2D eigenvalue weighted by Gasteiger charge is 2.30. The Labute approximate surface area is 68.8 Å². The van der Waals surface area contributed by atoms with Crippen molar-refractivity contribution in [2.75, 3.05) is 0 Å². The lowest BCUT2D eigenvalue weighted by Gasteiger charge is -2.06. The molecule has 1 atom stereocenters. The molecule has 12 heavy (non-hydrogen) atoms. The molecule has 0 saturated carbocycles. The van der Waals surface area contributed by atoms with Crippen LogP contribution >= 0.6 is 9.24 Å². The average molecular weight is 196 g/mol. The molecule has 0 radical (unpaired) electrons. The summed E-state index contributed by atoms with van der Waals surface area (Å²) in [6.45, 7) is 0. The first kappa shape index (κ1) is 9.46. The van der Waals surface area contributed by atoms with E-state index in [0.717, 1.165) is 12.1 Å². The quantitative estimate of drug-likeness (QED) is 0.441. The molecule has 0 aromatic heterocycles. The van der Waals surface area contributed by atoms with Crippen LogP contribution < -0.4 is 5.30 Å². The number of alkyl halides is 3. The molecule has 0 aliphatic heterocycles. The van der Waals surface area contributed by atoms with Gasteiger partial charge >= 0.3 is 6.18 Å². The van der Waals surface area contributed by atoms with E-state index >= 15 is 0 Å². The van der Waals surface area contributed by atoms with Gasteiger partial charge in [-0.2, -0.15) is 13.2 Å². The van der Waals surface area contributed by atoms with Crippen molar-refractivity contribution in [2.45, 2.75) is 6.18 Å². The van der Waals surface area contributed by atoms with E-state index in [-0.39, 0.29) is 5.30 Å². The van der Waals surface area contributed by atoms with Gasteiger partial charge in [-0.3, -0.25) is 0 Å². The van der Waals surface area contributed by atoms with Gasteiger partial charge in [-0.25, -0.2) is 4.39 Å². The predicted molar refractivity (Wildman–Crippen MR) is 40.7 cm³/mol. The van der Waals surface area contributed by atoms with Crippen molar-refractivity contribution >= 4 is 14.5 Å². The zero-order valence-electron chi connectivity index (χ0n) is 5.82. The summed E-state index contributed by atoms with van der Waals surface area (Å²) in [5.74, 6) is -0.866. The Kier molecular flexibility index (Phi) is 2.38. The Bertz CT molecular complexity index is 292. The summed E-state index contributed by atoms with van der Waals surface area (Å²) in [5, 5.41) is 0.128. The highest BCUT2D eigenvalue weighted by atomic mass is 31.0. The van der Waals surface area contributed by atoms with Crippen molar-refractivity contribution in [1.82, 2.24) is 0 Å². The molecule has 0 aliphatic carbocycles. The Hall–Kier alpha value is -0.630. The van der Waals surface area contributed by atoms with E-state index in [9.17, 15) is 17.6 Å². The van der Waals surface area contributed by atoms with Gasteiger partial charge in [0.05, 0.1) is 5.56 Å². The van der Waals surface area contributed by atoms with Gasteiger partial charge in [-0.1, -0.05) is 6.07 Å². The molecule has 0 spiro atoms. The minimum atomic E-state index is -4.47. The molecule has 5 heteroatoms. The van der Waals surface area contributed by atoms with Crippen LogP contribution in [-0.2, 0) is 6.18 Å². The Morgan fingerprint density at radius 3 is 2.17 bits per heavy atom. The summed E-state index contributed by atoms with van der Waals surface area (Å²) in [7, 11) is 2.01. The third-order valence-electron chi connectivity index (χ3n) is 1.33. The summed E-state index contributed by atoms with van der Waals surface area (Å²) in [4.78, 5) is 0. The van der Waals surface area contributed by atoms with Crippen molar-refractivity contribution in [1.29, 1.82) is 0 Å². The van der Waals surface area contributed by atoms with Crippen LogP contribution in [0.5, 0.6) is 0 Å². The van der Waals surface area contributed by atoms with E-state index in [0.29, 0.717) is 6.07 Å². The van der Waals surface area contributed by atoms with Gasteiger partial charge in [0, 0.05) is 5.30 Å². The van der Waals surface area contributed by atoms with Gasteiger partial charge < -0.3 is 0 Å². The Morgan fingerprint density at radius 1 is 1.17 bits per heavy atom. The molecular weight excluding hydrogens is 191 g/mol. The van der Waals surface area contributed by atoms with Gasteiger partial charge in [0.1, 0.15) is 5.82 Å². The first-order valence-corrected chi connectivity index (χ1v) is 3.61. The van der Waals surface area contributed by atoms with Crippen molar-refractivity contribution in [2.24, 2.45) is 0 Å². The van der Waals surface area contributed by atoms with Crippen LogP contribution in [0, 0.1) is 5.82 Å². The lowest BCUT2D eigenvalue weighted by atomic mass is 10.2. The van der Waals surface area contributed by atoms with Crippen LogP contribution in [0.3, 0.4) is 0 Å². The number of hydrogen-bond donors (Lipinski definition) is 0. The van der Waals surface area contributed by atoms with E-state index in [1.165, 1.54) is 0 Å². The molecule has 0 amide bonds. The molecule has 0 saturated heterocycles. The molecule has 0 N–H and O–H groups in total. The average Bonchev–Trinajstić information content (AvgIpc) is 1.92. The van der Waals surface area contributed by atoms with Crippen LogP contribution in [-0.4, -0.2) is 0 Å². The van der Waals surface area contributed by atoms with Crippen LogP contribution in [0.1, 0.15) is 5.56 Å². The first-order valence-electron chi connectivity index (χ1n) is 3.03. The van der Waals surface area contributed by atoms with Crippen LogP contribution in [0.25, 0.3) is 0 Å². The fourth-order valence-electron chi connectivity index (χ4n) is 0.703. The Balaban J connectivity index is 3.14. The summed E-state index contributed by atoms with van der Waals surface area (Å²) in [6, 6.07) is 2.39. The molecule has 0 fully saturated rings. The van der Waals surface area contributed by atoms with Crippen LogP contribution in [0.15, 0.2) is 18.2 Å². The third kappa shape index (κ3) is 1.95. The number of benzene rings is 1. The summed E-state index contributed by atoms with van der Waals surface area (Å²) in [6.07, 6.45) is -4.47. The van der Waals surface area contributed by atoms with Crippen molar-refractivity contribution in [3.05, 3.63) is 29.6 Å². The fourth-order valence-corrected chi connectivity index (χ4v) is 0.883. The number of halogens is 4. The molecule has 0 aliphatic rings. The minimum absolute atomic E-state index is 0.128. The SMILES string of the molecule is Fc1cc(C(F)(F)F)ccc1P.